The summed E-state index contributed by atoms with van der Waals surface area (Å²) >= 11 is 1.41. The van der Waals surface area contributed by atoms with E-state index in [1.807, 2.05) is 29.7 Å². The molecule has 1 unspecified atom stereocenters. The smallest absolute Gasteiger partial charge is 0.230 e. The van der Waals surface area contributed by atoms with Gasteiger partial charge < -0.3 is 10.1 Å². The summed E-state index contributed by atoms with van der Waals surface area (Å²) in [6.45, 7) is 8.52. The molecule has 168 valence electrons. The van der Waals surface area contributed by atoms with Crippen LogP contribution in [-0.4, -0.2) is 32.5 Å². The number of thioether (sulfide) groups is 1. The van der Waals surface area contributed by atoms with Crippen LogP contribution in [0.3, 0.4) is 0 Å². The highest BCUT2D eigenvalue weighted by molar-refractivity contribution is 7.99. The Balaban J connectivity index is 1.60. The number of ether oxygens (including phenoxy) is 1. The molecular weight excluding hydrogens is 408 g/mol. The topological polar surface area (TPSA) is 69.0 Å². The molecule has 1 saturated carbocycles. The van der Waals surface area contributed by atoms with Crippen LogP contribution in [0.25, 0.3) is 0 Å². The first-order chi connectivity index (χ1) is 15.1. The first-order valence-electron chi connectivity index (χ1n) is 11.3. The van der Waals surface area contributed by atoms with Crippen LogP contribution in [0.1, 0.15) is 69.9 Å². The molecule has 31 heavy (non-hydrogen) atoms. The van der Waals surface area contributed by atoms with Crippen LogP contribution < -0.4 is 10.1 Å². The Bertz CT molecular complexity index is 842. The van der Waals surface area contributed by atoms with Crippen molar-refractivity contribution in [2.75, 3.05) is 5.75 Å². The van der Waals surface area contributed by atoms with Gasteiger partial charge in [0, 0.05) is 12.6 Å². The van der Waals surface area contributed by atoms with E-state index in [1.165, 1.54) is 43.0 Å². The highest BCUT2D eigenvalue weighted by atomic mass is 32.2. The van der Waals surface area contributed by atoms with E-state index in [0.717, 1.165) is 30.8 Å². The van der Waals surface area contributed by atoms with Gasteiger partial charge >= 0.3 is 0 Å². The molecule has 7 heteroatoms. The standard InChI is InChI=1S/C24H34N4O2S/c1-4-16-28-23(18(3)30-21-14-12-19(5-2)13-15-21)26-27-24(28)31-17-22(29)25-20-10-8-6-7-9-11-20/h4,12-15,18,20H,1,5-11,16-17H2,2-3H3,(H,25,29). The van der Waals surface area contributed by atoms with Gasteiger partial charge in [-0.25, -0.2) is 0 Å². The van der Waals surface area contributed by atoms with E-state index >= 15 is 0 Å². The van der Waals surface area contributed by atoms with Gasteiger partial charge in [-0.1, -0.05) is 62.6 Å². The van der Waals surface area contributed by atoms with Crippen molar-refractivity contribution in [1.82, 2.24) is 20.1 Å². The molecule has 0 radical (unpaired) electrons. The van der Waals surface area contributed by atoms with Gasteiger partial charge in [-0.15, -0.1) is 16.8 Å². The zero-order valence-electron chi connectivity index (χ0n) is 18.7. The predicted molar refractivity (Wildman–Crippen MR) is 125 cm³/mol. The Morgan fingerprint density at radius 2 is 1.97 bits per heavy atom. The van der Waals surface area contributed by atoms with Gasteiger partial charge in [-0.2, -0.15) is 0 Å². The fraction of sp³-hybridized carbons (Fsp3) is 0.542. The maximum atomic E-state index is 12.5. The van der Waals surface area contributed by atoms with Crippen molar-refractivity contribution in [2.45, 2.75) is 82.6 Å². The summed E-state index contributed by atoms with van der Waals surface area (Å²) in [5.41, 5.74) is 1.27. The number of aromatic nitrogens is 3. The third-order valence-electron chi connectivity index (χ3n) is 5.62. The van der Waals surface area contributed by atoms with Crippen molar-refractivity contribution >= 4 is 17.7 Å². The normalized spacial score (nSPS) is 15.8. The van der Waals surface area contributed by atoms with E-state index in [9.17, 15) is 4.79 Å². The summed E-state index contributed by atoms with van der Waals surface area (Å²) in [6, 6.07) is 8.42. The molecule has 1 aliphatic rings. The quantitative estimate of drug-likeness (QED) is 0.315. The Morgan fingerprint density at radius 1 is 1.26 bits per heavy atom. The SMILES string of the molecule is C=CCn1c(SCC(=O)NC2CCCCCC2)nnc1C(C)Oc1ccc(CC)cc1. The van der Waals surface area contributed by atoms with Crippen molar-refractivity contribution in [3.05, 3.63) is 48.3 Å². The van der Waals surface area contributed by atoms with Gasteiger partial charge in [0.15, 0.2) is 17.1 Å². The van der Waals surface area contributed by atoms with E-state index in [0.29, 0.717) is 23.5 Å². The minimum Gasteiger partial charge on any atom is -0.483 e. The zero-order valence-corrected chi connectivity index (χ0v) is 19.5. The van der Waals surface area contributed by atoms with Crippen molar-refractivity contribution < 1.29 is 9.53 Å². The average Bonchev–Trinajstić information content (AvgIpc) is 2.99. The molecule has 1 aromatic heterocycles. The van der Waals surface area contributed by atoms with Gasteiger partial charge in [0.2, 0.25) is 5.91 Å². The fourth-order valence-electron chi connectivity index (χ4n) is 3.89. The summed E-state index contributed by atoms with van der Waals surface area (Å²) in [7, 11) is 0. The number of nitrogens with one attached hydrogen (secondary N) is 1. The summed E-state index contributed by atoms with van der Waals surface area (Å²) in [4.78, 5) is 12.5. The first-order valence-corrected chi connectivity index (χ1v) is 12.3. The number of hydrogen-bond acceptors (Lipinski definition) is 5. The second-order valence-corrected chi connectivity index (χ2v) is 8.98. The first kappa shape index (κ1) is 23.4. The van der Waals surface area contributed by atoms with E-state index < -0.39 is 0 Å². The van der Waals surface area contributed by atoms with Gasteiger partial charge in [0.25, 0.3) is 0 Å². The molecule has 3 rings (SSSR count). The summed E-state index contributed by atoms with van der Waals surface area (Å²) in [5, 5.41) is 12.6. The maximum Gasteiger partial charge on any atom is 0.230 e. The highest BCUT2D eigenvalue weighted by Gasteiger charge is 2.21. The average molecular weight is 443 g/mol. The molecule has 1 fully saturated rings. The molecule has 1 aromatic carbocycles. The number of rotatable bonds is 10. The molecule has 6 nitrogen and oxygen atoms in total. The van der Waals surface area contributed by atoms with Crippen molar-refractivity contribution in [3.63, 3.8) is 0 Å². The number of benzene rings is 1. The molecular formula is C24H34N4O2S. The number of carbonyl (C=O) groups excluding carboxylic acids is 1. The molecule has 1 aliphatic carbocycles. The van der Waals surface area contributed by atoms with E-state index in [2.05, 4.69) is 41.1 Å². The molecule has 1 N–H and O–H groups in total. The number of amides is 1. The third kappa shape index (κ3) is 6.86. The minimum atomic E-state index is -0.269. The molecule has 0 bridgehead atoms. The Kier molecular flexibility index (Phi) is 9.00. The van der Waals surface area contributed by atoms with Gasteiger partial charge in [-0.05, 0) is 43.9 Å². The lowest BCUT2D eigenvalue weighted by molar-refractivity contribution is -0.119. The number of nitrogens with zero attached hydrogens (tertiary/aromatic N) is 3. The van der Waals surface area contributed by atoms with Gasteiger partial charge in [-0.3, -0.25) is 9.36 Å². The highest BCUT2D eigenvalue weighted by Crippen LogP contribution is 2.25. The molecule has 2 aromatic rings. The Labute approximate surface area is 189 Å². The Hall–Kier alpha value is -2.28. The van der Waals surface area contributed by atoms with E-state index in [-0.39, 0.29) is 12.0 Å². The number of hydrogen-bond donors (Lipinski definition) is 1. The van der Waals surface area contributed by atoms with Crippen LogP contribution >= 0.6 is 11.8 Å². The lowest BCUT2D eigenvalue weighted by atomic mass is 10.1. The maximum absolute atomic E-state index is 12.5. The van der Waals surface area contributed by atoms with Crippen LogP contribution in [0.4, 0.5) is 0 Å². The van der Waals surface area contributed by atoms with Gasteiger partial charge in [0.05, 0.1) is 5.75 Å². The lowest BCUT2D eigenvalue weighted by Gasteiger charge is -2.17. The largest absolute Gasteiger partial charge is 0.483 e. The van der Waals surface area contributed by atoms with Crippen molar-refractivity contribution in [3.8, 4) is 5.75 Å². The second-order valence-electron chi connectivity index (χ2n) is 8.04. The summed E-state index contributed by atoms with van der Waals surface area (Å²) < 4.78 is 8.07. The van der Waals surface area contributed by atoms with Crippen molar-refractivity contribution in [1.29, 1.82) is 0 Å². The second kappa shape index (κ2) is 11.9. The van der Waals surface area contributed by atoms with Crippen LogP contribution in [0.2, 0.25) is 0 Å². The predicted octanol–water partition coefficient (Wildman–Crippen LogP) is 5.10. The fourth-order valence-corrected chi connectivity index (χ4v) is 4.66. The van der Waals surface area contributed by atoms with Crippen LogP contribution in [-0.2, 0) is 17.8 Å². The van der Waals surface area contributed by atoms with Crippen LogP contribution in [0, 0.1) is 0 Å². The summed E-state index contributed by atoms with van der Waals surface area (Å²) in [5.74, 6) is 1.92. The van der Waals surface area contributed by atoms with Crippen LogP contribution in [0.5, 0.6) is 5.75 Å². The summed E-state index contributed by atoms with van der Waals surface area (Å²) in [6.07, 6.45) is 9.66. The lowest BCUT2D eigenvalue weighted by Crippen LogP contribution is -2.35. The molecule has 1 heterocycles. The molecule has 0 saturated heterocycles. The third-order valence-corrected chi connectivity index (χ3v) is 6.58. The molecule has 0 spiro atoms. The number of allylic oxidation sites excluding steroid dienone is 1. The van der Waals surface area contributed by atoms with Crippen molar-refractivity contribution in [2.24, 2.45) is 0 Å². The van der Waals surface area contributed by atoms with Gasteiger partial charge in [0.1, 0.15) is 5.75 Å². The monoisotopic (exact) mass is 442 g/mol. The van der Waals surface area contributed by atoms with E-state index in [1.54, 1.807) is 0 Å². The number of aryl methyl sites for hydroxylation is 1. The molecule has 1 amide bonds. The van der Waals surface area contributed by atoms with Crippen LogP contribution in [0.15, 0.2) is 42.1 Å². The number of carbonyl (C=O) groups is 1. The van der Waals surface area contributed by atoms with E-state index in [4.69, 9.17) is 4.74 Å². The Morgan fingerprint density at radius 3 is 2.61 bits per heavy atom. The molecule has 0 aliphatic heterocycles. The minimum absolute atomic E-state index is 0.0620. The zero-order chi connectivity index (χ0) is 22.1. The molecule has 1 atom stereocenters.